The topological polar surface area (TPSA) is 43.4 Å². The summed E-state index contributed by atoms with van der Waals surface area (Å²) in [6.07, 6.45) is -7.88. The third kappa shape index (κ3) is 4.91. The number of halogens is 17. The summed E-state index contributed by atoms with van der Waals surface area (Å²) in [5.41, 5.74) is -0.0119. The zero-order chi connectivity index (χ0) is 29.7. The van der Waals surface area contributed by atoms with Gasteiger partial charge in [0.15, 0.2) is 0 Å². The van der Waals surface area contributed by atoms with Crippen molar-refractivity contribution in [1.82, 2.24) is 0 Å². The maximum atomic E-state index is 13.8. The summed E-state index contributed by atoms with van der Waals surface area (Å²) < 4.78 is 250. The first-order chi connectivity index (χ1) is 16.1. The minimum absolute atomic E-state index is 0.0119. The van der Waals surface area contributed by atoms with Gasteiger partial charge in [0.1, 0.15) is 0 Å². The lowest BCUT2D eigenvalue weighted by Gasteiger charge is -2.42. The summed E-state index contributed by atoms with van der Waals surface area (Å²) in [5.74, 6) is -52.7. The van der Waals surface area contributed by atoms with Gasteiger partial charge in [-0.1, -0.05) is 30.3 Å². The highest BCUT2D eigenvalue weighted by molar-refractivity contribution is 8.04. The van der Waals surface area contributed by atoms with Crippen LogP contribution in [0.1, 0.15) is 5.56 Å². The molecule has 0 saturated carbocycles. The van der Waals surface area contributed by atoms with E-state index in [1.165, 1.54) is 18.2 Å². The summed E-state index contributed by atoms with van der Waals surface area (Å²) in [6, 6.07) is 6.10. The standard InChI is InChI=1S/C15H7F17O3S2/c16-8(17,10(20,21)12(24,25)14(28,29)30)9(18,19)11(22,23)13(26,27)15(31,32)37(33,34)35-36-6-7-4-2-1-3-5-7/h1-5H,6H2. The maximum absolute atomic E-state index is 13.8. The highest BCUT2D eigenvalue weighted by Gasteiger charge is 2.96. The zero-order valence-corrected chi connectivity index (χ0v) is 18.2. The second-order valence-electron chi connectivity index (χ2n) is 6.73. The van der Waals surface area contributed by atoms with Crippen LogP contribution in [0.5, 0.6) is 0 Å². The van der Waals surface area contributed by atoms with Crippen molar-refractivity contribution in [2.24, 2.45) is 0 Å². The molecular weight excluding hydrogens is 615 g/mol. The van der Waals surface area contributed by atoms with Crippen LogP contribution in [0.15, 0.2) is 30.3 Å². The van der Waals surface area contributed by atoms with Crippen LogP contribution in [0.25, 0.3) is 0 Å². The Balaban J connectivity index is 3.48. The molecule has 0 aromatic heterocycles. The van der Waals surface area contributed by atoms with Gasteiger partial charge in [0.25, 0.3) is 0 Å². The summed E-state index contributed by atoms with van der Waals surface area (Å²) in [5, 5.41) is -7.69. The van der Waals surface area contributed by atoms with Crippen molar-refractivity contribution < 1.29 is 86.7 Å². The molecule has 22 heteroatoms. The van der Waals surface area contributed by atoms with Crippen molar-refractivity contribution in [2.45, 2.75) is 52.7 Å². The highest BCUT2D eigenvalue weighted by Crippen LogP contribution is 2.64. The van der Waals surface area contributed by atoms with E-state index in [0.29, 0.717) is 0 Å². The molecule has 3 nitrogen and oxygen atoms in total. The third-order valence-electron chi connectivity index (χ3n) is 4.21. The summed E-state index contributed by atoms with van der Waals surface area (Å²) in [7, 11) is -7.56. The molecule has 0 aliphatic carbocycles. The Kier molecular flexibility index (Phi) is 8.54. The molecule has 0 bridgehead atoms. The molecule has 1 rings (SSSR count). The Morgan fingerprint density at radius 1 is 0.568 bits per heavy atom. The first-order valence-corrected chi connectivity index (χ1v) is 10.7. The van der Waals surface area contributed by atoms with Crippen LogP contribution in [0.2, 0.25) is 0 Å². The van der Waals surface area contributed by atoms with E-state index in [4.69, 9.17) is 0 Å². The lowest BCUT2D eigenvalue weighted by Crippen LogP contribution is -2.75. The molecular formula is C15H7F17O3S2. The molecule has 0 heterocycles. The molecule has 0 aliphatic rings. The molecule has 0 spiro atoms. The van der Waals surface area contributed by atoms with E-state index in [9.17, 15) is 83.1 Å². The second kappa shape index (κ2) is 9.49. The fraction of sp³-hybridized carbons (Fsp3) is 0.600. The van der Waals surface area contributed by atoms with E-state index in [0.717, 1.165) is 12.1 Å². The number of alkyl halides is 17. The maximum Gasteiger partial charge on any atom is 0.460 e. The normalized spacial score (nSPS) is 15.7. The van der Waals surface area contributed by atoms with Crippen LogP contribution >= 0.6 is 12.0 Å². The van der Waals surface area contributed by atoms with E-state index in [1.807, 2.05) is 0 Å². The van der Waals surface area contributed by atoms with Gasteiger partial charge in [0.2, 0.25) is 0 Å². The Morgan fingerprint density at radius 2 is 0.919 bits per heavy atom. The average molecular weight is 622 g/mol. The van der Waals surface area contributed by atoms with Gasteiger partial charge in [-0.2, -0.15) is 86.7 Å². The summed E-state index contributed by atoms with van der Waals surface area (Å²) >= 11 is -0.736. The largest absolute Gasteiger partial charge is 0.460 e. The molecule has 1 aromatic rings. The van der Waals surface area contributed by atoms with Gasteiger partial charge in [-0.05, 0) is 5.56 Å². The van der Waals surface area contributed by atoms with Crippen LogP contribution in [0.3, 0.4) is 0 Å². The van der Waals surface area contributed by atoms with Crippen LogP contribution < -0.4 is 0 Å². The van der Waals surface area contributed by atoms with Gasteiger partial charge >= 0.3 is 57.1 Å². The predicted octanol–water partition coefficient (Wildman–Crippen LogP) is 7.15. The van der Waals surface area contributed by atoms with E-state index < -0.39 is 74.9 Å². The average Bonchev–Trinajstić information content (AvgIpc) is 2.72. The summed E-state index contributed by atoms with van der Waals surface area (Å²) in [4.78, 5) is 0. The van der Waals surface area contributed by atoms with Crippen LogP contribution in [-0.4, -0.2) is 55.4 Å². The summed E-state index contributed by atoms with van der Waals surface area (Å²) in [6.45, 7) is 0. The smallest absolute Gasteiger partial charge is 0.193 e. The SMILES string of the molecule is O=S(=O)(OSCc1ccccc1)C(F)(F)C(F)(F)C(F)(F)C(F)(F)C(F)(F)C(F)(F)C(F)(F)C(F)(F)F. The second-order valence-corrected chi connectivity index (χ2v) is 9.22. The van der Waals surface area contributed by atoms with Crippen LogP contribution in [-0.2, 0) is 19.5 Å². The molecule has 216 valence electrons. The first-order valence-electron chi connectivity index (χ1n) is 8.39. The van der Waals surface area contributed by atoms with Gasteiger partial charge < -0.3 is 0 Å². The van der Waals surface area contributed by atoms with Crippen LogP contribution in [0.4, 0.5) is 74.6 Å². The molecule has 0 radical (unpaired) electrons. The number of hydrogen-bond acceptors (Lipinski definition) is 4. The molecule has 0 unspecified atom stereocenters. The molecule has 37 heavy (non-hydrogen) atoms. The number of hydrogen-bond donors (Lipinski definition) is 0. The molecule has 0 aliphatic heterocycles. The van der Waals surface area contributed by atoms with Gasteiger partial charge in [0, 0.05) is 17.8 Å². The minimum Gasteiger partial charge on any atom is -0.193 e. The molecule has 0 N–H and O–H groups in total. The van der Waals surface area contributed by atoms with Gasteiger partial charge in [0.05, 0.1) is 0 Å². The van der Waals surface area contributed by atoms with Crippen molar-refractivity contribution in [2.75, 3.05) is 0 Å². The van der Waals surface area contributed by atoms with E-state index in [-0.39, 0.29) is 5.56 Å². The molecule has 0 amide bonds. The Bertz CT molecular complexity index is 1050. The number of benzene rings is 1. The van der Waals surface area contributed by atoms with E-state index in [2.05, 4.69) is 3.63 Å². The van der Waals surface area contributed by atoms with Gasteiger partial charge in [-0.15, -0.1) is 0 Å². The van der Waals surface area contributed by atoms with Crippen molar-refractivity contribution in [3.8, 4) is 0 Å². The fourth-order valence-electron chi connectivity index (χ4n) is 2.08. The zero-order valence-electron chi connectivity index (χ0n) is 16.6. The first kappa shape index (κ1) is 33.3. The predicted molar refractivity (Wildman–Crippen MR) is 88.4 cm³/mol. The van der Waals surface area contributed by atoms with Crippen molar-refractivity contribution in [1.29, 1.82) is 0 Å². The van der Waals surface area contributed by atoms with Crippen LogP contribution in [0, 0.1) is 0 Å². The Labute approximate surface area is 198 Å². The number of rotatable bonds is 11. The van der Waals surface area contributed by atoms with Crippen molar-refractivity contribution in [3.05, 3.63) is 35.9 Å². The fourth-order valence-corrected chi connectivity index (χ4v) is 3.89. The van der Waals surface area contributed by atoms with Gasteiger partial charge in [-0.3, -0.25) is 0 Å². The van der Waals surface area contributed by atoms with E-state index >= 15 is 0 Å². The minimum atomic E-state index is -8.88. The van der Waals surface area contributed by atoms with E-state index in [1.54, 1.807) is 0 Å². The Hall–Kier alpha value is -1.71. The molecule has 0 atom stereocenters. The Morgan fingerprint density at radius 3 is 1.30 bits per heavy atom. The third-order valence-corrected chi connectivity index (χ3v) is 6.65. The lowest BCUT2D eigenvalue weighted by molar-refractivity contribution is -0.458. The van der Waals surface area contributed by atoms with Crippen molar-refractivity contribution >= 4 is 22.2 Å². The van der Waals surface area contributed by atoms with Crippen molar-refractivity contribution in [3.63, 3.8) is 0 Å². The van der Waals surface area contributed by atoms with Gasteiger partial charge in [-0.25, -0.2) is 0 Å². The molecule has 1 aromatic carbocycles. The molecule has 0 saturated heterocycles. The monoisotopic (exact) mass is 622 g/mol. The quantitative estimate of drug-likeness (QED) is 0.194. The molecule has 0 fully saturated rings. The lowest BCUT2D eigenvalue weighted by atomic mass is 9.91. The highest BCUT2D eigenvalue weighted by atomic mass is 32.3.